The number of hydrogen-bond acceptors (Lipinski definition) is 3. The van der Waals surface area contributed by atoms with Crippen molar-refractivity contribution in [3.8, 4) is 11.5 Å². The third-order valence-corrected chi connectivity index (χ3v) is 4.04. The predicted molar refractivity (Wildman–Crippen MR) is 76.7 cm³/mol. The smallest absolute Gasteiger partial charge is 0.215 e. The lowest BCUT2D eigenvalue weighted by atomic mass is 9.95. The standard InChI is InChI=1S/C15H10Cl2O3/c16-14-10(18)6-7-12-13(14)11(19)8-15(17,20-12)9-4-2-1-3-5-9/h1-7,18H,8H2. The van der Waals surface area contributed by atoms with Crippen LogP contribution in [0, 0.1) is 0 Å². The highest BCUT2D eigenvalue weighted by Gasteiger charge is 2.41. The monoisotopic (exact) mass is 308 g/mol. The van der Waals surface area contributed by atoms with E-state index in [1.165, 1.54) is 12.1 Å². The van der Waals surface area contributed by atoms with E-state index in [0.717, 1.165) is 0 Å². The van der Waals surface area contributed by atoms with E-state index in [9.17, 15) is 9.90 Å². The van der Waals surface area contributed by atoms with Gasteiger partial charge in [-0.15, -0.1) is 0 Å². The summed E-state index contributed by atoms with van der Waals surface area (Å²) in [7, 11) is 0. The molecular formula is C15H10Cl2O3. The van der Waals surface area contributed by atoms with E-state index in [4.69, 9.17) is 27.9 Å². The summed E-state index contributed by atoms with van der Waals surface area (Å²) < 4.78 is 5.76. The van der Waals surface area contributed by atoms with Crippen LogP contribution in [-0.2, 0) is 5.06 Å². The van der Waals surface area contributed by atoms with Gasteiger partial charge in [0.1, 0.15) is 11.5 Å². The van der Waals surface area contributed by atoms with Crippen molar-refractivity contribution in [1.29, 1.82) is 0 Å². The third-order valence-electron chi connectivity index (χ3n) is 3.23. The minimum absolute atomic E-state index is 0.000668. The molecule has 0 amide bonds. The molecule has 0 fully saturated rings. The molecule has 1 aliphatic rings. The molecule has 0 aromatic heterocycles. The minimum atomic E-state index is -1.24. The Labute approximate surface area is 125 Å². The molecule has 0 radical (unpaired) electrons. The molecule has 20 heavy (non-hydrogen) atoms. The second kappa shape index (κ2) is 4.69. The maximum absolute atomic E-state index is 12.3. The van der Waals surface area contributed by atoms with Crippen LogP contribution in [0.25, 0.3) is 0 Å². The highest BCUT2D eigenvalue weighted by Crippen LogP contribution is 2.46. The van der Waals surface area contributed by atoms with Crippen LogP contribution >= 0.6 is 23.2 Å². The topological polar surface area (TPSA) is 46.5 Å². The number of fused-ring (bicyclic) bond motifs is 1. The Balaban J connectivity index is 2.10. The van der Waals surface area contributed by atoms with Gasteiger partial charge in [0, 0.05) is 5.56 Å². The molecule has 0 aliphatic carbocycles. The SMILES string of the molecule is O=C1CC(Cl)(c2ccccc2)Oc2ccc(O)c(Cl)c21. The Bertz CT molecular complexity index is 685. The minimum Gasteiger partial charge on any atom is -0.506 e. The van der Waals surface area contributed by atoms with Crippen molar-refractivity contribution in [2.45, 2.75) is 11.5 Å². The number of ether oxygens (including phenoxy) is 1. The first kappa shape index (κ1) is 13.3. The number of Topliss-reactive ketones (excluding diaryl/α,β-unsaturated/α-hetero) is 1. The molecule has 1 heterocycles. The van der Waals surface area contributed by atoms with Gasteiger partial charge in [-0.1, -0.05) is 53.5 Å². The first-order chi connectivity index (χ1) is 9.51. The predicted octanol–water partition coefficient (Wildman–Crippen LogP) is 4.10. The molecule has 2 aromatic carbocycles. The molecule has 0 spiro atoms. The fraction of sp³-hybridized carbons (Fsp3) is 0.133. The summed E-state index contributed by atoms with van der Waals surface area (Å²) >= 11 is 12.4. The number of rotatable bonds is 1. The summed E-state index contributed by atoms with van der Waals surface area (Å²) in [6.45, 7) is 0. The van der Waals surface area contributed by atoms with Crippen molar-refractivity contribution in [3.05, 3.63) is 58.6 Å². The summed E-state index contributed by atoms with van der Waals surface area (Å²) in [5.41, 5.74) is 0.878. The van der Waals surface area contributed by atoms with E-state index < -0.39 is 5.06 Å². The van der Waals surface area contributed by atoms with Gasteiger partial charge in [0.2, 0.25) is 5.06 Å². The number of halogens is 2. The van der Waals surface area contributed by atoms with E-state index in [-0.39, 0.29) is 34.3 Å². The molecule has 0 bridgehead atoms. The van der Waals surface area contributed by atoms with Crippen LogP contribution in [-0.4, -0.2) is 10.9 Å². The van der Waals surface area contributed by atoms with Crippen molar-refractivity contribution in [3.63, 3.8) is 0 Å². The zero-order valence-corrected chi connectivity index (χ0v) is 11.8. The number of alkyl halides is 1. The summed E-state index contributed by atoms with van der Waals surface area (Å²) in [4.78, 5) is 12.3. The highest BCUT2D eigenvalue weighted by atomic mass is 35.5. The van der Waals surface area contributed by atoms with E-state index >= 15 is 0 Å². The maximum atomic E-state index is 12.3. The molecule has 2 aromatic rings. The second-order valence-corrected chi connectivity index (χ2v) is 5.56. The Morgan fingerprint density at radius 2 is 1.85 bits per heavy atom. The molecule has 1 unspecified atom stereocenters. The molecular weight excluding hydrogens is 299 g/mol. The van der Waals surface area contributed by atoms with Crippen LogP contribution < -0.4 is 4.74 Å². The second-order valence-electron chi connectivity index (χ2n) is 4.57. The molecule has 3 nitrogen and oxygen atoms in total. The number of ketones is 1. The summed E-state index contributed by atoms with van der Waals surface area (Å²) in [6.07, 6.45) is -0.0469. The first-order valence-corrected chi connectivity index (χ1v) is 6.75. The number of phenolic OH excluding ortho intramolecular Hbond substituents is 1. The normalized spacial score (nSPS) is 21.2. The first-order valence-electron chi connectivity index (χ1n) is 5.99. The lowest BCUT2D eigenvalue weighted by Gasteiger charge is -2.33. The Morgan fingerprint density at radius 3 is 2.55 bits per heavy atom. The Kier molecular flexibility index (Phi) is 3.11. The zero-order chi connectivity index (χ0) is 14.3. The van der Waals surface area contributed by atoms with E-state index in [0.29, 0.717) is 5.56 Å². The quantitative estimate of drug-likeness (QED) is 0.807. The molecule has 5 heteroatoms. The van der Waals surface area contributed by atoms with E-state index in [1.54, 1.807) is 12.1 Å². The molecule has 1 atom stereocenters. The molecule has 0 saturated carbocycles. The van der Waals surface area contributed by atoms with Gasteiger partial charge in [0.25, 0.3) is 0 Å². The van der Waals surface area contributed by atoms with Gasteiger partial charge >= 0.3 is 0 Å². The zero-order valence-electron chi connectivity index (χ0n) is 10.3. The summed E-state index contributed by atoms with van der Waals surface area (Å²) in [5, 5.41) is 8.32. The lowest BCUT2D eigenvalue weighted by molar-refractivity contribution is 0.0766. The number of hydrogen-bond donors (Lipinski definition) is 1. The van der Waals surface area contributed by atoms with Gasteiger partial charge < -0.3 is 9.84 Å². The average Bonchev–Trinajstić information content (AvgIpc) is 2.43. The van der Waals surface area contributed by atoms with Crippen LogP contribution in [0.3, 0.4) is 0 Å². The number of carbonyl (C=O) groups excluding carboxylic acids is 1. The van der Waals surface area contributed by atoms with Crippen molar-refractivity contribution in [1.82, 2.24) is 0 Å². The number of aromatic hydroxyl groups is 1. The number of phenols is 1. The average molecular weight is 309 g/mol. The molecule has 1 aliphatic heterocycles. The molecule has 3 rings (SSSR count). The molecule has 102 valence electrons. The lowest BCUT2D eigenvalue weighted by Crippen LogP contribution is -2.34. The van der Waals surface area contributed by atoms with Crippen LogP contribution in [0.1, 0.15) is 22.3 Å². The van der Waals surface area contributed by atoms with Crippen LogP contribution in [0.15, 0.2) is 42.5 Å². The Hall–Kier alpha value is -1.71. The van der Waals surface area contributed by atoms with Gasteiger partial charge in [-0.3, -0.25) is 4.79 Å². The van der Waals surface area contributed by atoms with Gasteiger partial charge in [-0.05, 0) is 12.1 Å². The van der Waals surface area contributed by atoms with Gasteiger partial charge in [0.05, 0.1) is 17.0 Å². The van der Waals surface area contributed by atoms with Crippen molar-refractivity contribution >= 4 is 29.0 Å². The van der Waals surface area contributed by atoms with E-state index in [1.807, 2.05) is 18.2 Å². The maximum Gasteiger partial charge on any atom is 0.215 e. The summed E-state index contributed by atoms with van der Waals surface area (Å²) in [6, 6.07) is 12.0. The van der Waals surface area contributed by atoms with E-state index in [2.05, 4.69) is 0 Å². The van der Waals surface area contributed by atoms with Crippen molar-refractivity contribution in [2.24, 2.45) is 0 Å². The van der Waals surface area contributed by atoms with Gasteiger partial charge in [-0.25, -0.2) is 0 Å². The highest BCUT2D eigenvalue weighted by molar-refractivity contribution is 6.36. The summed E-state index contributed by atoms with van der Waals surface area (Å²) in [5.74, 6) is -0.127. The largest absolute Gasteiger partial charge is 0.506 e. The number of carbonyl (C=O) groups is 1. The fourth-order valence-corrected chi connectivity index (χ4v) is 2.84. The third kappa shape index (κ3) is 2.03. The van der Waals surface area contributed by atoms with Gasteiger partial charge in [-0.2, -0.15) is 0 Å². The molecule has 1 N–H and O–H groups in total. The van der Waals surface area contributed by atoms with Crippen molar-refractivity contribution < 1.29 is 14.6 Å². The van der Waals surface area contributed by atoms with Gasteiger partial charge in [0.15, 0.2) is 5.78 Å². The van der Waals surface area contributed by atoms with Crippen LogP contribution in [0.5, 0.6) is 11.5 Å². The van der Waals surface area contributed by atoms with Crippen LogP contribution in [0.4, 0.5) is 0 Å². The number of benzene rings is 2. The molecule has 0 saturated heterocycles. The van der Waals surface area contributed by atoms with Crippen LogP contribution in [0.2, 0.25) is 5.02 Å². The fourth-order valence-electron chi connectivity index (χ4n) is 2.25. The van der Waals surface area contributed by atoms with Crippen molar-refractivity contribution in [2.75, 3.05) is 0 Å². The Morgan fingerprint density at radius 1 is 1.15 bits per heavy atom.